The molecule has 0 bridgehead atoms. The van der Waals surface area contributed by atoms with Crippen LogP contribution in [0, 0.1) is 5.92 Å². The Kier molecular flexibility index (Phi) is 3.00. The molecule has 1 aromatic heterocycles. The highest BCUT2D eigenvalue weighted by Gasteiger charge is 2.41. The summed E-state index contributed by atoms with van der Waals surface area (Å²) in [6.45, 7) is 4.40. The number of rotatable bonds is 2. The summed E-state index contributed by atoms with van der Waals surface area (Å²) < 4.78 is 6.07. The first-order valence-corrected chi connectivity index (χ1v) is 7.52. The van der Waals surface area contributed by atoms with Crippen molar-refractivity contribution in [3.05, 3.63) is 19.8 Å². The van der Waals surface area contributed by atoms with Crippen molar-refractivity contribution in [2.75, 3.05) is 19.7 Å². The number of halogens is 1. The van der Waals surface area contributed by atoms with Crippen LogP contribution in [0.15, 0.2) is 3.79 Å². The molecule has 3 rings (SSSR count). The lowest BCUT2D eigenvalue weighted by Crippen LogP contribution is -2.12. The van der Waals surface area contributed by atoms with Gasteiger partial charge in [0.1, 0.15) is 0 Å². The Bertz CT molecular complexity index is 471. The molecule has 0 radical (unpaired) electrons. The van der Waals surface area contributed by atoms with Crippen LogP contribution < -0.4 is 5.32 Å². The average molecular weight is 316 g/mol. The predicted octanol–water partition coefficient (Wildman–Crippen LogP) is 2.55. The maximum Gasteiger partial charge on any atom is 0.340 e. The summed E-state index contributed by atoms with van der Waals surface area (Å²) >= 11 is 5.22. The molecule has 1 N–H and O–H groups in total. The zero-order valence-electron chi connectivity index (χ0n) is 9.59. The molecule has 1 aliphatic heterocycles. The Labute approximate surface area is 113 Å². The first-order valence-electron chi connectivity index (χ1n) is 5.91. The second-order valence-electron chi connectivity index (χ2n) is 4.54. The van der Waals surface area contributed by atoms with Gasteiger partial charge in [0, 0.05) is 17.3 Å². The Morgan fingerprint density at radius 1 is 1.59 bits per heavy atom. The molecule has 1 saturated heterocycles. The quantitative estimate of drug-likeness (QED) is 0.852. The molecular weight excluding hydrogens is 302 g/mol. The lowest BCUT2D eigenvalue weighted by Gasteiger charge is -2.06. The van der Waals surface area contributed by atoms with Crippen LogP contribution in [0.1, 0.15) is 33.6 Å². The number of ether oxygens (including phenoxy) is 1. The van der Waals surface area contributed by atoms with Gasteiger partial charge in [0.15, 0.2) is 0 Å². The number of thiophene rings is 1. The van der Waals surface area contributed by atoms with E-state index in [-0.39, 0.29) is 5.97 Å². The standard InChI is InChI=1S/C12H14BrNO2S/c1-2-16-12(15)9-7-3-6-4-14-5-8(6)10(7)17-11(9)13/h6,8,14H,2-5H2,1H3. The molecule has 92 valence electrons. The van der Waals surface area contributed by atoms with Crippen molar-refractivity contribution in [1.82, 2.24) is 5.32 Å². The summed E-state index contributed by atoms with van der Waals surface area (Å²) in [7, 11) is 0. The Balaban J connectivity index is 1.99. The monoisotopic (exact) mass is 315 g/mol. The van der Waals surface area contributed by atoms with Gasteiger partial charge in [-0.15, -0.1) is 11.3 Å². The number of hydrogen-bond acceptors (Lipinski definition) is 4. The fraction of sp³-hybridized carbons (Fsp3) is 0.583. The SMILES string of the molecule is CCOC(=O)c1c(Br)sc2c1CC1CNCC21. The molecular formula is C12H14BrNO2S. The molecule has 2 heterocycles. The predicted molar refractivity (Wildman–Crippen MR) is 70.8 cm³/mol. The van der Waals surface area contributed by atoms with Crippen molar-refractivity contribution >= 4 is 33.2 Å². The largest absolute Gasteiger partial charge is 0.462 e. The summed E-state index contributed by atoms with van der Waals surface area (Å²) in [4.78, 5) is 13.3. The van der Waals surface area contributed by atoms with Gasteiger partial charge >= 0.3 is 5.97 Å². The van der Waals surface area contributed by atoms with Crippen LogP contribution in [-0.2, 0) is 11.2 Å². The van der Waals surface area contributed by atoms with Gasteiger partial charge in [-0.2, -0.15) is 0 Å². The van der Waals surface area contributed by atoms with E-state index in [2.05, 4.69) is 21.2 Å². The van der Waals surface area contributed by atoms with E-state index in [1.807, 2.05) is 6.92 Å². The van der Waals surface area contributed by atoms with Crippen molar-refractivity contribution in [2.45, 2.75) is 19.3 Å². The van der Waals surface area contributed by atoms with Gasteiger partial charge in [-0.1, -0.05) is 0 Å². The molecule has 1 aromatic rings. The minimum absolute atomic E-state index is 0.176. The summed E-state index contributed by atoms with van der Waals surface area (Å²) in [6, 6.07) is 0. The maximum atomic E-state index is 11.9. The third-order valence-electron chi connectivity index (χ3n) is 3.62. The number of carbonyl (C=O) groups is 1. The van der Waals surface area contributed by atoms with Gasteiger partial charge in [-0.25, -0.2) is 4.79 Å². The highest BCUT2D eigenvalue weighted by Crippen LogP contribution is 2.48. The van der Waals surface area contributed by atoms with E-state index in [9.17, 15) is 4.79 Å². The lowest BCUT2D eigenvalue weighted by molar-refractivity contribution is 0.0525. The summed E-state index contributed by atoms with van der Waals surface area (Å²) in [5.74, 6) is 1.11. The summed E-state index contributed by atoms with van der Waals surface area (Å²) in [5.41, 5.74) is 2.01. The molecule has 3 nitrogen and oxygen atoms in total. The number of nitrogens with one attached hydrogen (secondary N) is 1. The van der Waals surface area contributed by atoms with Gasteiger partial charge in [0.2, 0.25) is 0 Å². The van der Waals surface area contributed by atoms with Crippen molar-refractivity contribution < 1.29 is 9.53 Å². The molecule has 17 heavy (non-hydrogen) atoms. The van der Waals surface area contributed by atoms with Crippen molar-refractivity contribution in [2.24, 2.45) is 5.92 Å². The summed E-state index contributed by atoms with van der Waals surface area (Å²) in [6.07, 6.45) is 1.02. The van der Waals surface area contributed by atoms with E-state index >= 15 is 0 Å². The molecule has 0 spiro atoms. The third-order valence-corrected chi connectivity index (χ3v) is 5.65. The first kappa shape index (κ1) is 11.7. The molecule has 5 heteroatoms. The van der Waals surface area contributed by atoms with Crippen LogP contribution >= 0.6 is 27.3 Å². The van der Waals surface area contributed by atoms with Crippen molar-refractivity contribution in [3.63, 3.8) is 0 Å². The third kappa shape index (κ3) is 1.75. The number of hydrogen-bond donors (Lipinski definition) is 1. The zero-order valence-corrected chi connectivity index (χ0v) is 12.0. The highest BCUT2D eigenvalue weighted by atomic mass is 79.9. The molecule has 0 amide bonds. The number of carbonyl (C=O) groups excluding carboxylic acids is 1. The molecule has 1 fully saturated rings. The van der Waals surface area contributed by atoms with E-state index in [1.54, 1.807) is 11.3 Å². The fourth-order valence-electron chi connectivity index (χ4n) is 2.88. The van der Waals surface area contributed by atoms with Gasteiger partial charge in [0.05, 0.1) is 16.0 Å². The second-order valence-corrected chi connectivity index (χ2v) is 6.91. The zero-order chi connectivity index (χ0) is 12.0. The van der Waals surface area contributed by atoms with Crippen molar-refractivity contribution in [1.29, 1.82) is 0 Å². The smallest absolute Gasteiger partial charge is 0.340 e. The second kappa shape index (κ2) is 4.37. The summed E-state index contributed by atoms with van der Waals surface area (Å²) in [5, 5.41) is 3.42. The van der Waals surface area contributed by atoms with Gasteiger partial charge < -0.3 is 10.1 Å². The van der Waals surface area contributed by atoms with Gasteiger partial charge in [0.25, 0.3) is 0 Å². The van der Waals surface area contributed by atoms with Crippen LogP contribution in [-0.4, -0.2) is 25.7 Å². The van der Waals surface area contributed by atoms with Crippen molar-refractivity contribution in [3.8, 4) is 0 Å². The molecule has 2 unspecified atom stereocenters. The minimum atomic E-state index is -0.176. The van der Waals surface area contributed by atoms with E-state index in [0.29, 0.717) is 18.4 Å². The minimum Gasteiger partial charge on any atom is -0.462 e. The van der Waals surface area contributed by atoms with Gasteiger partial charge in [-0.3, -0.25) is 0 Å². The average Bonchev–Trinajstić information content (AvgIpc) is 2.89. The van der Waals surface area contributed by atoms with Crippen LogP contribution in [0.2, 0.25) is 0 Å². The Hall–Kier alpha value is -0.390. The first-order chi connectivity index (χ1) is 8.22. The van der Waals surface area contributed by atoms with Crippen LogP contribution in [0.5, 0.6) is 0 Å². The molecule has 1 aliphatic carbocycles. The number of esters is 1. The Morgan fingerprint density at radius 2 is 2.41 bits per heavy atom. The molecule has 0 saturated carbocycles. The topological polar surface area (TPSA) is 38.3 Å². The Morgan fingerprint density at radius 3 is 3.18 bits per heavy atom. The van der Waals surface area contributed by atoms with Crippen LogP contribution in [0.25, 0.3) is 0 Å². The van der Waals surface area contributed by atoms with Crippen LogP contribution in [0.3, 0.4) is 0 Å². The van der Waals surface area contributed by atoms with Gasteiger partial charge in [-0.05, 0) is 47.3 Å². The molecule has 0 aromatic carbocycles. The normalized spacial score (nSPS) is 25.8. The molecule has 2 atom stereocenters. The highest BCUT2D eigenvalue weighted by molar-refractivity contribution is 9.11. The lowest BCUT2D eigenvalue weighted by atomic mass is 10.0. The van der Waals surface area contributed by atoms with Crippen LogP contribution in [0.4, 0.5) is 0 Å². The van der Waals surface area contributed by atoms with E-state index in [0.717, 1.165) is 28.9 Å². The maximum absolute atomic E-state index is 11.9. The fourth-order valence-corrected chi connectivity index (χ4v) is 5.04. The van der Waals surface area contributed by atoms with E-state index in [1.165, 1.54) is 10.4 Å². The number of fused-ring (bicyclic) bond motifs is 3. The molecule has 2 aliphatic rings. The van der Waals surface area contributed by atoms with E-state index in [4.69, 9.17) is 4.74 Å². The van der Waals surface area contributed by atoms with E-state index < -0.39 is 0 Å².